The Morgan fingerprint density at radius 1 is 1.00 bits per heavy atom. The van der Waals surface area contributed by atoms with Crippen LogP contribution in [-0.2, 0) is 19.2 Å². The summed E-state index contributed by atoms with van der Waals surface area (Å²) < 4.78 is 10.3. The Kier molecular flexibility index (Phi) is 10.2. The average molecular weight is 564 g/mol. The molecule has 1 heterocycles. The lowest BCUT2D eigenvalue weighted by Crippen LogP contribution is -2.50. The Morgan fingerprint density at radius 2 is 1.66 bits per heavy atom. The van der Waals surface area contributed by atoms with Gasteiger partial charge in [0.15, 0.2) is 5.82 Å². The highest BCUT2D eigenvalue weighted by molar-refractivity contribution is 6.03. The van der Waals surface area contributed by atoms with Gasteiger partial charge in [-0.25, -0.2) is 0 Å². The van der Waals surface area contributed by atoms with Crippen LogP contribution in [0.3, 0.4) is 0 Å². The largest absolute Gasteiger partial charge is 0.497 e. The average Bonchev–Trinajstić information content (AvgIpc) is 3.34. The molecule has 3 N–H and O–H groups in total. The summed E-state index contributed by atoms with van der Waals surface area (Å²) in [5, 5.41) is 12.1. The van der Waals surface area contributed by atoms with E-state index < -0.39 is 23.4 Å². The zero-order chi connectivity index (χ0) is 30.2. The molecule has 0 spiro atoms. The van der Waals surface area contributed by atoms with Gasteiger partial charge in [-0.05, 0) is 69.2 Å². The maximum absolute atomic E-state index is 13.9. The molecule has 0 aliphatic carbocycles. The molecule has 218 valence electrons. The van der Waals surface area contributed by atoms with Gasteiger partial charge >= 0.3 is 0 Å². The van der Waals surface area contributed by atoms with Crippen LogP contribution in [0.25, 0.3) is 0 Å². The number of carbonyl (C=O) groups is 4. The highest BCUT2D eigenvalue weighted by Crippen LogP contribution is 2.32. The Hall–Kier alpha value is -4.67. The summed E-state index contributed by atoms with van der Waals surface area (Å²) in [4.78, 5) is 53.3. The molecule has 2 aromatic carbocycles. The normalized spacial score (nSPS) is 11.8. The number of nitrogens with zero attached hydrogens (tertiary/aromatic N) is 2. The molecule has 41 heavy (non-hydrogen) atoms. The zero-order valence-electron chi connectivity index (χ0n) is 24.2. The molecule has 4 amide bonds. The lowest BCUT2D eigenvalue weighted by Gasteiger charge is -2.35. The number of aromatic nitrogens is 1. The highest BCUT2D eigenvalue weighted by atomic mass is 16.5. The number of anilines is 3. The van der Waals surface area contributed by atoms with E-state index in [0.29, 0.717) is 34.9 Å². The minimum atomic E-state index is -1.06. The van der Waals surface area contributed by atoms with Gasteiger partial charge in [0.2, 0.25) is 23.6 Å². The monoisotopic (exact) mass is 563 g/mol. The van der Waals surface area contributed by atoms with Crippen molar-refractivity contribution in [2.45, 2.75) is 65.5 Å². The fraction of sp³-hybridized carbons (Fsp3) is 0.367. The third-order valence-electron chi connectivity index (χ3n) is 6.48. The van der Waals surface area contributed by atoms with Crippen molar-refractivity contribution in [2.24, 2.45) is 0 Å². The van der Waals surface area contributed by atoms with Gasteiger partial charge in [0.25, 0.3) is 0 Å². The number of benzene rings is 2. The van der Waals surface area contributed by atoms with Gasteiger partial charge in [-0.2, -0.15) is 0 Å². The summed E-state index contributed by atoms with van der Waals surface area (Å²) in [7, 11) is 1.54. The molecule has 11 nitrogen and oxygen atoms in total. The predicted octanol–water partition coefficient (Wildman–Crippen LogP) is 4.75. The van der Waals surface area contributed by atoms with Gasteiger partial charge in [-0.15, -0.1) is 0 Å². The second-order valence-electron chi connectivity index (χ2n) is 10.3. The lowest BCUT2D eigenvalue weighted by atomic mass is 9.97. The van der Waals surface area contributed by atoms with Gasteiger partial charge in [0.1, 0.15) is 17.6 Å². The maximum Gasteiger partial charge on any atom is 0.248 e. The summed E-state index contributed by atoms with van der Waals surface area (Å²) in [5.74, 6) is -0.116. The number of amides is 4. The van der Waals surface area contributed by atoms with Crippen LogP contribution in [0.4, 0.5) is 17.2 Å². The molecule has 0 saturated heterocycles. The minimum absolute atomic E-state index is 0.150. The van der Waals surface area contributed by atoms with Crippen LogP contribution in [0.15, 0.2) is 59.1 Å². The van der Waals surface area contributed by atoms with Gasteiger partial charge in [-0.1, -0.05) is 24.2 Å². The first kappa shape index (κ1) is 30.9. The topological polar surface area (TPSA) is 143 Å². The Balaban J connectivity index is 2.00. The summed E-state index contributed by atoms with van der Waals surface area (Å²) in [6.07, 6.45) is 0.324. The van der Waals surface area contributed by atoms with Crippen molar-refractivity contribution in [3.63, 3.8) is 0 Å². The molecule has 0 bridgehead atoms. The quantitative estimate of drug-likeness (QED) is 0.289. The molecular weight excluding hydrogens is 526 g/mol. The molecule has 1 atom stereocenters. The van der Waals surface area contributed by atoms with Crippen molar-refractivity contribution in [1.82, 2.24) is 10.5 Å². The van der Waals surface area contributed by atoms with Crippen molar-refractivity contribution in [1.29, 1.82) is 0 Å². The maximum atomic E-state index is 13.9. The fourth-order valence-corrected chi connectivity index (χ4v) is 4.01. The number of aryl methyl sites for hydroxylation is 1. The van der Waals surface area contributed by atoms with Gasteiger partial charge in [-0.3, -0.25) is 24.1 Å². The van der Waals surface area contributed by atoms with E-state index >= 15 is 0 Å². The summed E-state index contributed by atoms with van der Waals surface area (Å²) in [6.45, 7) is 8.86. The third-order valence-corrected chi connectivity index (χ3v) is 6.48. The summed E-state index contributed by atoms with van der Waals surface area (Å²) >= 11 is 0. The van der Waals surface area contributed by atoms with E-state index in [0.717, 1.165) is 0 Å². The molecule has 0 aliphatic heterocycles. The molecule has 1 unspecified atom stereocenters. The Morgan fingerprint density at radius 3 is 2.20 bits per heavy atom. The minimum Gasteiger partial charge on any atom is -0.497 e. The first-order valence-electron chi connectivity index (χ1n) is 13.3. The smallest absolute Gasteiger partial charge is 0.248 e. The van der Waals surface area contributed by atoms with Crippen molar-refractivity contribution < 1.29 is 28.4 Å². The van der Waals surface area contributed by atoms with Crippen LogP contribution >= 0.6 is 0 Å². The number of methoxy groups -OCH3 is 1. The van der Waals surface area contributed by atoms with E-state index in [2.05, 4.69) is 21.1 Å². The standard InChI is InChI=1S/C30H37N5O6/c1-7-30(4,5)33-29(39)28(21-8-14-24(40-6)15-9-21)35(23-12-10-22(11-13-23)31-20(3)36)27(38)17-16-26(37)32-25-18-19(2)41-34-25/h8-15,18,28H,7,16-17H2,1-6H3,(H,31,36)(H,33,39)(H,32,34,37). The van der Waals surface area contributed by atoms with Gasteiger partial charge < -0.3 is 25.2 Å². The first-order valence-corrected chi connectivity index (χ1v) is 13.3. The van der Waals surface area contributed by atoms with E-state index in [9.17, 15) is 19.2 Å². The zero-order valence-corrected chi connectivity index (χ0v) is 24.2. The SMILES string of the molecule is CCC(C)(C)NC(=O)C(c1ccc(OC)cc1)N(C(=O)CCC(=O)Nc1cc(C)on1)c1ccc(NC(C)=O)cc1. The van der Waals surface area contributed by atoms with Crippen LogP contribution in [0.5, 0.6) is 5.75 Å². The number of hydrogen-bond acceptors (Lipinski definition) is 7. The Labute approximate surface area is 239 Å². The van der Waals surface area contributed by atoms with Crippen molar-refractivity contribution >= 4 is 40.8 Å². The van der Waals surface area contributed by atoms with Crippen LogP contribution in [0.2, 0.25) is 0 Å². The van der Waals surface area contributed by atoms with Gasteiger partial charge in [0.05, 0.1) is 7.11 Å². The molecule has 3 rings (SSSR count). The van der Waals surface area contributed by atoms with Crippen molar-refractivity contribution in [3.05, 3.63) is 65.9 Å². The lowest BCUT2D eigenvalue weighted by molar-refractivity contribution is -0.128. The van der Waals surface area contributed by atoms with E-state index in [4.69, 9.17) is 9.26 Å². The van der Waals surface area contributed by atoms with Crippen LogP contribution < -0.4 is 25.6 Å². The molecule has 3 aromatic rings. The fourth-order valence-electron chi connectivity index (χ4n) is 4.01. The van der Waals surface area contributed by atoms with Crippen LogP contribution in [0.1, 0.15) is 64.3 Å². The van der Waals surface area contributed by atoms with E-state index in [1.165, 1.54) is 11.8 Å². The van der Waals surface area contributed by atoms with E-state index in [1.807, 2.05) is 20.8 Å². The highest BCUT2D eigenvalue weighted by Gasteiger charge is 2.35. The molecule has 0 radical (unpaired) electrons. The number of rotatable bonds is 12. The number of carbonyl (C=O) groups excluding carboxylic acids is 4. The van der Waals surface area contributed by atoms with Crippen molar-refractivity contribution in [3.8, 4) is 5.75 Å². The third kappa shape index (κ3) is 8.66. The van der Waals surface area contributed by atoms with Crippen LogP contribution in [-0.4, -0.2) is 41.4 Å². The molecule has 0 fully saturated rings. The van der Waals surface area contributed by atoms with Crippen LogP contribution in [0, 0.1) is 6.92 Å². The van der Waals surface area contributed by atoms with Gasteiger partial charge in [0, 0.05) is 42.7 Å². The first-order chi connectivity index (χ1) is 19.4. The molecule has 11 heteroatoms. The molecule has 1 aromatic heterocycles. The second-order valence-corrected chi connectivity index (χ2v) is 10.3. The number of hydrogen-bond donors (Lipinski definition) is 3. The Bertz CT molecular complexity index is 1360. The summed E-state index contributed by atoms with van der Waals surface area (Å²) in [6, 6.07) is 14.0. The number of nitrogens with one attached hydrogen (secondary N) is 3. The predicted molar refractivity (Wildman–Crippen MR) is 156 cm³/mol. The van der Waals surface area contributed by atoms with E-state index in [1.54, 1.807) is 68.6 Å². The molecule has 0 aliphatic rings. The molecular formula is C30H37N5O6. The molecule has 0 saturated carbocycles. The number of ether oxygens (including phenoxy) is 1. The summed E-state index contributed by atoms with van der Waals surface area (Å²) in [5.41, 5.74) is 0.967. The van der Waals surface area contributed by atoms with Crippen molar-refractivity contribution in [2.75, 3.05) is 22.6 Å². The second kappa shape index (κ2) is 13.6. The van der Waals surface area contributed by atoms with E-state index in [-0.39, 0.29) is 30.5 Å².